The quantitative estimate of drug-likeness (QED) is 0.654. The molecule has 1 unspecified atom stereocenters. The Labute approximate surface area is 189 Å². The highest BCUT2D eigenvalue weighted by Crippen LogP contribution is 2.29. The van der Waals surface area contributed by atoms with Gasteiger partial charge in [-0.3, -0.25) is 4.79 Å². The average molecular weight is 453 g/mol. The first-order chi connectivity index (χ1) is 15.5. The molecule has 0 radical (unpaired) electrons. The summed E-state index contributed by atoms with van der Waals surface area (Å²) in [6.07, 6.45) is 3.81. The van der Waals surface area contributed by atoms with Crippen LogP contribution in [0.5, 0.6) is 5.88 Å². The van der Waals surface area contributed by atoms with Crippen molar-refractivity contribution in [3.05, 3.63) is 65.1 Å². The number of rotatable bonds is 4. The number of carbonyl (C=O) groups excluding carboxylic acids is 2. The van der Waals surface area contributed by atoms with Gasteiger partial charge < -0.3 is 19.9 Å². The number of nitrogens with one attached hydrogen (secondary N) is 1. The van der Waals surface area contributed by atoms with Gasteiger partial charge in [0.15, 0.2) is 5.69 Å². The van der Waals surface area contributed by atoms with Crippen molar-refractivity contribution in [2.75, 3.05) is 25.0 Å². The highest BCUT2D eigenvalue weighted by atomic mass is 35.5. The predicted molar refractivity (Wildman–Crippen MR) is 118 cm³/mol. The second-order valence-corrected chi connectivity index (χ2v) is 8.23. The van der Waals surface area contributed by atoms with E-state index in [9.17, 15) is 9.59 Å². The lowest BCUT2D eigenvalue weighted by Crippen LogP contribution is -2.40. The molecule has 1 atom stereocenters. The lowest BCUT2D eigenvalue weighted by molar-refractivity contribution is 0.0991. The first kappa shape index (κ1) is 20.5. The Hall–Kier alpha value is -3.43. The molecule has 9 nitrogen and oxygen atoms in total. The van der Waals surface area contributed by atoms with Gasteiger partial charge in [-0.05, 0) is 43.3 Å². The molecule has 1 fully saturated rings. The van der Waals surface area contributed by atoms with Crippen molar-refractivity contribution >= 4 is 29.3 Å². The minimum Gasteiger partial charge on any atom is -0.391 e. The van der Waals surface area contributed by atoms with E-state index in [1.165, 1.54) is 6.20 Å². The van der Waals surface area contributed by atoms with Gasteiger partial charge >= 0.3 is 6.09 Å². The summed E-state index contributed by atoms with van der Waals surface area (Å²) >= 11 is 5.94. The fourth-order valence-corrected chi connectivity index (χ4v) is 4.01. The van der Waals surface area contributed by atoms with E-state index < -0.39 is 6.09 Å². The van der Waals surface area contributed by atoms with Gasteiger partial charge in [0.05, 0.1) is 24.1 Å². The van der Waals surface area contributed by atoms with Crippen molar-refractivity contribution in [2.24, 2.45) is 0 Å². The molecule has 32 heavy (non-hydrogen) atoms. The van der Waals surface area contributed by atoms with E-state index >= 15 is 0 Å². The van der Waals surface area contributed by atoms with Gasteiger partial charge in [0, 0.05) is 42.5 Å². The lowest BCUT2D eigenvalue weighted by Gasteiger charge is -2.22. The van der Waals surface area contributed by atoms with Gasteiger partial charge in [0.25, 0.3) is 5.91 Å². The second kappa shape index (κ2) is 8.25. The smallest absolute Gasteiger partial charge is 0.391 e. The number of amides is 2. The normalized spacial score (nSPS) is 17.5. The number of nitrogens with zero attached hydrogens (tertiary/aromatic N) is 5. The van der Waals surface area contributed by atoms with Gasteiger partial charge in [0.1, 0.15) is 0 Å². The molecule has 2 aliphatic rings. The molecule has 0 aliphatic carbocycles. The molecule has 1 saturated heterocycles. The van der Waals surface area contributed by atoms with E-state index in [0.717, 1.165) is 30.8 Å². The predicted octanol–water partition coefficient (Wildman–Crippen LogP) is 2.87. The Balaban J connectivity index is 1.26. The number of likely N-dealkylation sites (N-methyl/N-ethyl adjacent to an activating group) is 1. The molecule has 4 heterocycles. The zero-order valence-corrected chi connectivity index (χ0v) is 18.1. The molecule has 2 aromatic heterocycles. The number of fused-ring (bicyclic) bond motifs is 1. The van der Waals surface area contributed by atoms with E-state index in [2.05, 4.69) is 15.4 Å². The molecule has 2 amide bonds. The van der Waals surface area contributed by atoms with Crippen molar-refractivity contribution in [2.45, 2.75) is 19.0 Å². The second-order valence-electron chi connectivity index (χ2n) is 7.80. The summed E-state index contributed by atoms with van der Waals surface area (Å²) in [5.74, 6) is -0.0124. The van der Waals surface area contributed by atoms with Crippen LogP contribution >= 0.6 is 11.6 Å². The molecule has 5 rings (SSSR count). The first-order valence-electron chi connectivity index (χ1n) is 10.3. The summed E-state index contributed by atoms with van der Waals surface area (Å²) < 4.78 is 7.05. The van der Waals surface area contributed by atoms with E-state index in [1.807, 2.05) is 18.3 Å². The van der Waals surface area contributed by atoms with Crippen LogP contribution in [0.25, 0.3) is 5.69 Å². The Bertz CT molecular complexity index is 1160. The van der Waals surface area contributed by atoms with Gasteiger partial charge in [-0.25, -0.2) is 14.5 Å². The van der Waals surface area contributed by atoms with Crippen molar-refractivity contribution in [1.29, 1.82) is 0 Å². The van der Waals surface area contributed by atoms with Crippen LogP contribution in [0, 0.1) is 0 Å². The van der Waals surface area contributed by atoms with Crippen LogP contribution in [0.1, 0.15) is 22.5 Å². The molecular weight excluding hydrogens is 432 g/mol. The molecule has 0 bridgehead atoms. The Morgan fingerprint density at radius 3 is 2.66 bits per heavy atom. The maximum absolute atomic E-state index is 12.9. The summed E-state index contributed by atoms with van der Waals surface area (Å²) in [5.41, 5.74) is 2.67. The van der Waals surface area contributed by atoms with E-state index in [0.29, 0.717) is 22.9 Å². The highest BCUT2D eigenvalue weighted by molar-refractivity contribution is 6.30. The number of carbonyl (C=O) groups is 2. The van der Waals surface area contributed by atoms with Crippen LogP contribution in [0.4, 0.5) is 10.5 Å². The maximum Gasteiger partial charge on any atom is 0.416 e. The van der Waals surface area contributed by atoms with E-state index in [1.54, 1.807) is 45.8 Å². The summed E-state index contributed by atoms with van der Waals surface area (Å²) in [7, 11) is 1.72. The van der Waals surface area contributed by atoms with Gasteiger partial charge in [-0.1, -0.05) is 11.6 Å². The van der Waals surface area contributed by atoms with Crippen LogP contribution < -0.4 is 15.0 Å². The number of anilines is 1. The number of aromatic nitrogens is 3. The number of benzene rings is 1. The molecule has 10 heteroatoms. The molecule has 0 saturated carbocycles. The summed E-state index contributed by atoms with van der Waals surface area (Å²) in [6.45, 7) is 2.03. The number of hydrogen-bond acceptors (Lipinski definition) is 6. The monoisotopic (exact) mass is 452 g/mol. The Morgan fingerprint density at radius 2 is 2.00 bits per heavy atom. The minimum atomic E-state index is -0.451. The Kier molecular flexibility index (Phi) is 5.28. The lowest BCUT2D eigenvalue weighted by atomic mass is 10.2. The molecule has 2 aliphatic heterocycles. The molecular formula is C22H21ClN6O3. The zero-order valence-electron chi connectivity index (χ0n) is 17.4. The number of pyridine rings is 1. The average Bonchev–Trinajstić information content (AvgIpc) is 3.53. The minimum absolute atomic E-state index is 0.116. The fraction of sp³-hybridized carbons (Fsp3) is 0.273. The summed E-state index contributed by atoms with van der Waals surface area (Å²) in [4.78, 5) is 32.6. The SMILES string of the molecule is CN(C(=O)Oc1ccc(N2Cc3cn(-c4ccc(Cl)cc4)nc3C2=O)cn1)C1CCNC1. The molecule has 164 valence electrons. The van der Waals surface area contributed by atoms with Crippen molar-refractivity contribution < 1.29 is 14.3 Å². The van der Waals surface area contributed by atoms with E-state index in [-0.39, 0.29) is 17.8 Å². The number of halogens is 1. The zero-order chi connectivity index (χ0) is 22.2. The third kappa shape index (κ3) is 3.80. The van der Waals surface area contributed by atoms with E-state index in [4.69, 9.17) is 16.3 Å². The third-order valence-corrected chi connectivity index (χ3v) is 6.00. The van der Waals surface area contributed by atoms with Crippen LogP contribution in [-0.2, 0) is 6.54 Å². The van der Waals surface area contributed by atoms with Crippen LogP contribution in [0.3, 0.4) is 0 Å². The standard InChI is InChI=1S/C22H21ClN6O3/c1-27(17-8-9-24-10-17)22(31)32-19-7-6-18(11-25-19)28-12-14-13-29(26-20(14)21(28)30)16-4-2-15(23)3-5-16/h2-7,11,13,17,24H,8-10,12H2,1H3. The van der Waals surface area contributed by atoms with Gasteiger partial charge in [-0.2, -0.15) is 5.10 Å². The number of ether oxygens (including phenoxy) is 1. The topological polar surface area (TPSA) is 92.6 Å². The highest BCUT2D eigenvalue weighted by Gasteiger charge is 2.32. The molecule has 1 N–H and O–H groups in total. The maximum atomic E-state index is 12.9. The molecule has 0 spiro atoms. The van der Waals surface area contributed by atoms with Crippen LogP contribution in [-0.4, -0.2) is 57.8 Å². The van der Waals surface area contributed by atoms with Crippen LogP contribution in [0.2, 0.25) is 5.02 Å². The fourth-order valence-electron chi connectivity index (χ4n) is 3.88. The van der Waals surface area contributed by atoms with Crippen molar-refractivity contribution in [1.82, 2.24) is 25.0 Å². The largest absolute Gasteiger partial charge is 0.416 e. The Morgan fingerprint density at radius 1 is 1.22 bits per heavy atom. The van der Waals surface area contributed by atoms with Crippen molar-refractivity contribution in [3.8, 4) is 11.6 Å². The summed E-state index contributed by atoms with van der Waals surface area (Å²) in [6, 6.07) is 10.7. The van der Waals surface area contributed by atoms with Gasteiger partial charge in [-0.15, -0.1) is 0 Å². The molecule has 1 aromatic carbocycles. The van der Waals surface area contributed by atoms with Crippen LogP contribution in [0.15, 0.2) is 48.8 Å². The molecule has 3 aromatic rings. The van der Waals surface area contributed by atoms with Crippen molar-refractivity contribution in [3.63, 3.8) is 0 Å². The summed E-state index contributed by atoms with van der Waals surface area (Å²) in [5, 5.41) is 8.30. The third-order valence-electron chi connectivity index (χ3n) is 5.75. The first-order valence-corrected chi connectivity index (χ1v) is 10.6. The number of hydrogen-bond donors (Lipinski definition) is 1. The van der Waals surface area contributed by atoms with Gasteiger partial charge in [0.2, 0.25) is 5.88 Å².